The molecule has 1 atom stereocenters. The smallest absolute Gasteiger partial charge is 0.117 e. The Morgan fingerprint density at radius 3 is 2.76 bits per heavy atom. The molecule has 3 nitrogen and oxygen atoms in total. The maximum Gasteiger partial charge on any atom is 0.117 e. The Morgan fingerprint density at radius 1 is 1.47 bits per heavy atom. The summed E-state index contributed by atoms with van der Waals surface area (Å²) in [6, 6.07) is 4.52. The number of hydrogen-bond donors (Lipinski definition) is 1. The summed E-state index contributed by atoms with van der Waals surface area (Å²) in [5, 5.41) is 0. The van der Waals surface area contributed by atoms with E-state index in [0.29, 0.717) is 6.04 Å². The molecule has 0 aliphatic heterocycles. The van der Waals surface area contributed by atoms with Crippen molar-refractivity contribution >= 4 is 0 Å². The molecule has 1 aromatic rings. The molecule has 0 saturated heterocycles. The molecular formula is C14H24N2O. The van der Waals surface area contributed by atoms with Crippen LogP contribution in [-0.2, 0) is 6.54 Å². The van der Waals surface area contributed by atoms with Crippen molar-refractivity contribution in [2.45, 2.75) is 45.2 Å². The standard InChI is InChI=1S/C14H24N2O/c1-2-16(11-13-8-5-9-17-13)14(10-15)12-6-3-4-7-12/h5,8-9,12,14H,2-4,6-7,10-11,15H2,1H3. The molecule has 1 heterocycles. The van der Waals surface area contributed by atoms with E-state index in [2.05, 4.69) is 11.8 Å². The third kappa shape index (κ3) is 3.11. The number of rotatable bonds is 6. The van der Waals surface area contributed by atoms with E-state index in [1.54, 1.807) is 6.26 Å². The van der Waals surface area contributed by atoms with Crippen LogP contribution in [0.4, 0.5) is 0 Å². The summed E-state index contributed by atoms with van der Waals surface area (Å²) in [4.78, 5) is 2.47. The van der Waals surface area contributed by atoms with E-state index in [1.807, 2.05) is 12.1 Å². The molecule has 17 heavy (non-hydrogen) atoms. The van der Waals surface area contributed by atoms with Gasteiger partial charge in [0.05, 0.1) is 12.8 Å². The largest absolute Gasteiger partial charge is 0.468 e. The highest BCUT2D eigenvalue weighted by atomic mass is 16.3. The summed E-state index contributed by atoms with van der Waals surface area (Å²) < 4.78 is 5.44. The normalized spacial score (nSPS) is 19.0. The number of likely N-dealkylation sites (N-methyl/N-ethyl adjacent to an activating group) is 1. The highest BCUT2D eigenvalue weighted by Crippen LogP contribution is 2.30. The topological polar surface area (TPSA) is 42.4 Å². The highest BCUT2D eigenvalue weighted by Gasteiger charge is 2.28. The number of nitrogens with zero attached hydrogens (tertiary/aromatic N) is 1. The number of nitrogens with two attached hydrogens (primary N) is 1. The Hall–Kier alpha value is -0.800. The van der Waals surface area contributed by atoms with Crippen LogP contribution in [0, 0.1) is 5.92 Å². The molecule has 2 N–H and O–H groups in total. The monoisotopic (exact) mass is 236 g/mol. The van der Waals surface area contributed by atoms with Crippen molar-refractivity contribution in [1.29, 1.82) is 0 Å². The number of furan rings is 1. The van der Waals surface area contributed by atoms with Gasteiger partial charge in [-0.25, -0.2) is 0 Å². The van der Waals surface area contributed by atoms with E-state index >= 15 is 0 Å². The molecule has 3 heteroatoms. The zero-order chi connectivity index (χ0) is 12.1. The Morgan fingerprint density at radius 2 is 2.24 bits per heavy atom. The third-order valence-corrected chi connectivity index (χ3v) is 4.00. The van der Waals surface area contributed by atoms with Gasteiger partial charge in [-0.2, -0.15) is 0 Å². The van der Waals surface area contributed by atoms with Crippen molar-refractivity contribution in [3.63, 3.8) is 0 Å². The summed E-state index contributed by atoms with van der Waals surface area (Å²) in [7, 11) is 0. The van der Waals surface area contributed by atoms with Crippen LogP contribution < -0.4 is 5.73 Å². The molecular weight excluding hydrogens is 212 g/mol. The minimum absolute atomic E-state index is 0.521. The summed E-state index contributed by atoms with van der Waals surface area (Å²) in [6.45, 7) is 4.90. The summed E-state index contributed by atoms with van der Waals surface area (Å²) in [6.07, 6.45) is 7.18. The van der Waals surface area contributed by atoms with E-state index in [0.717, 1.165) is 31.3 Å². The SMILES string of the molecule is CCN(Cc1ccco1)C(CN)C1CCCC1. The molecule has 1 aliphatic carbocycles. The average molecular weight is 236 g/mol. The van der Waals surface area contributed by atoms with E-state index in [4.69, 9.17) is 10.2 Å². The lowest BCUT2D eigenvalue weighted by Crippen LogP contribution is -2.44. The molecule has 96 valence electrons. The lowest BCUT2D eigenvalue weighted by atomic mass is 9.96. The van der Waals surface area contributed by atoms with Gasteiger partial charge >= 0.3 is 0 Å². The van der Waals surface area contributed by atoms with E-state index in [-0.39, 0.29) is 0 Å². The van der Waals surface area contributed by atoms with Gasteiger partial charge < -0.3 is 10.2 Å². The van der Waals surface area contributed by atoms with Crippen molar-refractivity contribution in [3.05, 3.63) is 24.2 Å². The second-order valence-corrected chi connectivity index (χ2v) is 4.99. The van der Waals surface area contributed by atoms with Crippen LogP contribution in [0.25, 0.3) is 0 Å². The minimum atomic E-state index is 0.521. The lowest BCUT2D eigenvalue weighted by molar-refractivity contribution is 0.136. The Bertz CT molecular complexity index is 304. The van der Waals surface area contributed by atoms with Crippen molar-refractivity contribution < 1.29 is 4.42 Å². The molecule has 2 rings (SSSR count). The molecule has 1 unspecified atom stereocenters. The van der Waals surface area contributed by atoms with E-state index in [9.17, 15) is 0 Å². The van der Waals surface area contributed by atoms with Crippen molar-refractivity contribution in [3.8, 4) is 0 Å². The molecule has 0 spiro atoms. The zero-order valence-corrected chi connectivity index (χ0v) is 10.8. The second kappa shape index (κ2) is 6.22. The van der Waals surface area contributed by atoms with Gasteiger partial charge in [0.2, 0.25) is 0 Å². The molecule has 1 aromatic heterocycles. The maximum absolute atomic E-state index is 5.99. The average Bonchev–Trinajstić information content (AvgIpc) is 3.00. The van der Waals surface area contributed by atoms with Gasteiger partial charge in [-0.05, 0) is 37.4 Å². The number of hydrogen-bond acceptors (Lipinski definition) is 3. The third-order valence-electron chi connectivity index (χ3n) is 4.00. The van der Waals surface area contributed by atoms with Crippen molar-refractivity contribution in [2.75, 3.05) is 13.1 Å². The lowest BCUT2D eigenvalue weighted by Gasteiger charge is -2.33. The Labute approximate surface area is 104 Å². The van der Waals surface area contributed by atoms with Gasteiger partial charge in [-0.3, -0.25) is 4.90 Å². The maximum atomic E-state index is 5.99. The van der Waals surface area contributed by atoms with Crippen molar-refractivity contribution in [2.24, 2.45) is 11.7 Å². The fourth-order valence-corrected chi connectivity index (χ4v) is 3.05. The van der Waals surface area contributed by atoms with Gasteiger partial charge in [-0.1, -0.05) is 19.8 Å². The quantitative estimate of drug-likeness (QED) is 0.825. The van der Waals surface area contributed by atoms with Crippen LogP contribution in [0.5, 0.6) is 0 Å². The van der Waals surface area contributed by atoms with Crippen LogP contribution in [0.1, 0.15) is 38.4 Å². The first-order chi connectivity index (χ1) is 8.35. The summed E-state index contributed by atoms with van der Waals surface area (Å²) in [5.74, 6) is 1.83. The van der Waals surface area contributed by atoms with E-state index < -0.39 is 0 Å². The molecule has 1 aliphatic rings. The van der Waals surface area contributed by atoms with Crippen LogP contribution in [0.3, 0.4) is 0 Å². The van der Waals surface area contributed by atoms with Gasteiger partial charge in [-0.15, -0.1) is 0 Å². The minimum Gasteiger partial charge on any atom is -0.468 e. The first kappa shape index (κ1) is 12.7. The first-order valence-corrected chi connectivity index (χ1v) is 6.81. The summed E-state index contributed by atoms with van der Waals surface area (Å²) in [5.41, 5.74) is 5.99. The van der Waals surface area contributed by atoms with Gasteiger partial charge in [0.15, 0.2) is 0 Å². The molecule has 0 aromatic carbocycles. The van der Waals surface area contributed by atoms with Crippen LogP contribution in [-0.4, -0.2) is 24.0 Å². The second-order valence-electron chi connectivity index (χ2n) is 4.99. The van der Waals surface area contributed by atoms with Gasteiger partial charge in [0.1, 0.15) is 5.76 Å². The molecule has 1 saturated carbocycles. The van der Waals surface area contributed by atoms with Crippen LogP contribution in [0.15, 0.2) is 22.8 Å². The van der Waals surface area contributed by atoms with Crippen molar-refractivity contribution in [1.82, 2.24) is 4.90 Å². The first-order valence-electron chi connectivity index (χ1n) is 6.81. The fraction of sp³-hybridized carbons (Fsp3) is 0.714. The zero-order valence-electron chi connectivity index (χ0n) is 10.8. The summed E-state index contributed by atoms with van der Waals surface area (Å²) >= 11 is 0. The Kier molecular flexibility index (Phi) is 4.63. The Balaban J connectivity index is 1.99. The van der Waals surface area contributed by atoms with Crippen LogP contribution in [0.2, 0.25) is 0 Å². The molecule has 1 fully saturated rings. The predicted octanol–water partition coefficient (Wildman–Crippen LogP) is 2.62. The molecule has 0 bridgehead atoms. The van der Waals surface area contributed by atoms with Crippen LogP contribution >= 0.6 is 0 Å². The van der Waals surface area contributed by atoms with E-state index in [1.165, 1.54) is 25.7 Å². The molecule has 0 amide bonds. The molecule has 0 radical (unpaired) electrons. The predicted molar refractivity (Wildman–Crippen MR) is 69.6 cm³/mol. The van der Waals surface area contributed by atoms with Gasteiger partial charge in [0.25, 0.3) is 0 Å². The fourth-order valence-electron chi connectivity index (χ4n) is 3.05. The highest BCUT2D eigenvalue weighted by molar-refractivity contribution is 4.99. The van der Waals surface area contributed by atoms with Gasteiger partial charge in [0, 0.05) is 12.6 Å².